The van der Waals surface area contributed by atoms with Crippen LogP contribution in [0, 0.1) is 0 Å². The number of hydrogen-bond donors (Lipinski definition) is 1. The summed E-state index contributed by atoms with van der Waals surface area (Å²) in [7, 11) is 0. The molecule has 3 aromatic rings. The number of nitrogens with one attached hydrogen (secondary N) is 1. The van der Waals surface area contributed by atoms with Gasteiger partial charge in [-0.3, -0.25) is 0 Å². The van der Waals surface area contributed by atoms with Crippen molar-refractivity contribution in [3.8, 4) is 5.69 Å². The van der Waals surface area contributed by atoms with Crippen LogP contribution in [-0.2, 0) is 19.5 Å². The summed E-state index contributed by atoms with van der Waals surface area (Å²) in [6.07, 6.45) is 6.65. The van der Waals surface area contributed by atoms with Crippen LogP contribution in [0.2, 0.25) is 0 Å². The van der Waals surface area contributed by atoms with Gasteiger partial charge in [-0.15, -0.1) is 0 Å². The van der Waals surface area contributed by atoms with Crippen molar-refractivity contribution in [2.45, 2.75) is 26.4 Å². The van der Waals surface area contributed by atoms with Crippen molar-refractivity contribution in [2.24, 2.45) is 0 Å². The fourth-order valence-electron chi connectivity index (χ4n) is 2.44. The first-order valence-electron chi connectivity index (χ1n) is 7.71. The average Bonchev–Trinajstić information content (AvgIpc) is 3.11. The van der Waals surface area contributed by atoms with Crippen molar-refractivity contribution in [3.63, 3.8) is 0 Å². The summed E-state index contributed by atoms with van der Waals surface area (Å²) in [4.78, 5) is 4.07. The molecule has 3 heteroatoms. The van der Waals surface area contributed by atoms with Gasteiger partial charge in [0.05, 0.1) is 6.33 Å². The molecule has 22 heavy (non-hydrogen) atoms. The average molecular weight is 291 g/mol. The van der Waals surface area contributed by atoms with E-state index in [1.807, 2.05) is 17.1 Å². The van der Waals surface area contributed by atoms with Gasteiger partial charge in [0, 0.05) is 31.2 Å². The largest absolute Gasteiger partial charge is 0.309 e. The van der Waals surface area contributed by atoms with E-state index in [0.29, 0.717) is 0 Å². The molecular formula is C19H21N3. The Balaban J connectivity index is 1.53. The number of benzene rings is 2. The van der Waals surface area contributed by atoms with Gasteiger partial charge in [0.15, 0.2) is 0 Å². The zero-order valence-electron chi connectivity index (χ0n) is 12.9. The van der Waals surface area contributed by atoms with Crippen LogP contribution in [-0.4, -0.2) is 9.55 Å². The molecule has 0 saturated heterocycles. The first-order chi connectivity index (χ1) is 10.8. The third-order valence-corrected chi connectivity index (χ3v) is 3.83. The van der Waals surface area contributed by atoms with Crippen LogP contribution in [0.1, 0.15) is 23.6 Å². The molecule has 1 N–H and O–H groups in total. The van der Waals surface area contributed by atoms with Crippen LogP contribution in [0.5, 0.6) is 0 Å². The zero-order chi connectivity index (χ0) is 15.2. The SMILES string of the molecule is CCc1ccc(CNCc2ccc(-n3ccnc3)cc2)cc1. The van der Waals surface area contributed by atoms with E-state index in [4.69, 9.17) is 0 Å². The van der Waals surface area contributed by atoms with Crippen molar-refractivity contribution in [1.82, 2.24) is 14.9 Å². The Labute approximate surface area is 131 Å². The van der Waals surface area contributed by atoms with Gasteiger partial charge in [0.2, 0.25) is 0 Å². The summed E-state index contributed by atoms with van der Waals surface area (Å²) >= 11 is 0. The monoisotopic (exact) mass is 291 g/mol. The molecule has 0 atom stereocenters. The molecule has 112 valence electrons. The molecule has 1 aromatic heterocycles. The van der Waals surface area contributed by atoms with Crippen molar-refractivity contribution < 1.29 is 0 Å². The van der Waals surface area contributed by atoms with E-state index in [-0.39, 0.29) is 0 Å². The van der Waals surface area contributed by atoms with Crippen LogP contribution >= 0.6 is 0 Å². The van der Waals surface area contributed by atoms with Gasteiger partial charge in [-0.2, -0.15) is 0 Å². The molecule has 0 aliphatic heterocycles. The third kappa shape index (κ3) is 3.62. The Morgan fingerprint density at radius 3 is 2.00 bits per heavy atom. The molecule has 1 heterocycles. The molecule has 0 spiro atoms. The van der Waals surface area contributed by atoms with Gasteiger partial charge >= 0.3 is 0 Å². The first-order valence-corrected chi connectivity index (χ1v) is 7.71. The maximum absolute atomic E-state index is 4.07. The summed E-state index contributed by atoms with van der Waals surface area (Å²) in [5.41, 5.74) is 5.14. The van der Waals surface area contributed by atoms with Crippen molar-refractivity contribution >= 4 is 0 Å². The number of rotatable bonds is 6. The Hall–Kier alpha value is -2.39. The Kier molecular flexibility index (Phi) is 4.66. The van der Waals surface area contributed by atoms with Gasteiger partial charge in [-0.25, -0.2) is 4.98 Å². The lowest BCUT2D eigenvalue weighted by atomic mass is 10.1. The van der Waals surface area contributed by atoms with Crippen molar-refractivity contribution in [2.75, 3.05) is 0 Å². The van der Waals surface area contributed by atoms with Gasteiger partial charge in [0.1, 0.15) is 0 Å². The Morgan fingerprint density at radius 2 is 1.45 bits per heavy atom. The highest BCUT2D eigenvalue weighted by Crippen LogP contribution is 2.10. The first kappa shape index (κ1) is 14.5. The lowest BCUT2D eigenvalue weighted by Gasteiger charge is -2.07. The van der Waals surface area contributed by atoms with E-state index in [0.717, 1.165) is 25.2 Å². The molecule has 0 saturated carbocycles. The smallest absolute Gasteiger partial charge is 0.0991 e. The number of hydrogen-bond acceptors (Lipinski definition) is 2. The number of imidazole rings is 1. The zero-order valence-corrected chi connectivity index (χ0v) is 12.9. The van der Waals surface area contributed by atoms with E-state index in [1.54, 1.807) is 6.20 Å². The molecule has 0 fully saturated rings. The van der Waals surface area contributed by atoms with E-state index in [2.05, 4.69) is 65.8 Å². The standard InChI is InChI=1S/C19H21N3/c1-2-16-3-5-17(6-4-16)13-21-14-18-7-9-19(10-8-18)22-12-11-20-15-22/h3-12,15,21H,2,13-14H2,1H3. The van der Waals surface area contributed by atoms with Crippen LogP contribution in [0.3, 0.4) is 0 Å². The molecule has 3 nitrogen and oxygen atoms in total. The number of aromatic nitrogens is 2. The van der Waals surface area contributed by atoms with E-state index >= 15 is 0 Å². The molecule has 0 aliphatic rings. The minimum absolute atomic E-state index is 0.875. The second kappa shape index (κ2) is 7.05. The summed E-state index contributed by atoms with van der Waals surface area (Å²) in [5, 5.41) is 3.49. The highest BCUT2D eigenvalue weighted by molar-refractivity contribution is 5.34. The van der Waals surface area contributed by atoms with E-state index in [1.165, 1.54) is 16.7 Å². The lowest BCUT2D eigenvalue weighted by Crippen LogP contribution is -2.12. The maximum Gasteiger partial charge on any atom is 0.0991 e. The van der Waals surface area contributed by atoms with Crippen LogP contribution in [0.4, 0.5) is 0 Å². The van der Waals surface area contributed by atoms with Crippen LogP contribution in [0.15, 0.2) is 67.3 Å². The molecule has 0 unspecified atom stereocenters. The highest BCUT2D eigenvalue weighted by atomic mass is 15.0. The normalized spacial score (nSPS) is 10.8. The predicted molar refractivity (Wildman–Crippen MR) is 89.9 cm³/mol. The topological polar surface area (TPSA) is 29.9 Å². The minimum atomic E-state index is 0.875. The summed E-state index contributed by atoms with van der Waals surface area (Å²) < 4.78 is 2.01. The minimum Gasteiger partial charge on any atom is -0.309 e. The molecule has 0 radical (unpaired) electrons. The summed E-state index contributed by atoms with van der Waals surface area (Å²) in [6, 6.07) is 17.4. The Bertz CT molecular complexity index is 683. The maximum atomic E-state index is 4.07. The fourth-order valence-corrected chi connectivity index (χ4v) is 2.44. The molecule has 2 aromatic carbocycles. The summed E-state index contributed by atoms with van der Waals surface area (Å²) in [5.74, 6) is 0. The van der Waals surface area contributed by atoms with Gasteiger partial charge in [-0.05, 0) is 35.2 Å². The molecule has 0 amide bonds. The molecule has 0 bridgehead atoms. The van der Waals surface area contributed by atoms with Crippen molar-refractivity contribution in [3.05, 3.63) is 83.9 Å². The molecule has 3 rings (SSSR count). The number of aryl methyl sites for hydroxylation is 1. The molecule has 0 aliphatic carbocycles. The van der Waals surface area contributed by atoms with Crippen molar-refractivity contribution in [1.29, 1.82) is 0 Å². The fraction of sp³-hybridized carbons (Fsp3) is 0.211. The van der Waals surface area contributed by atoms with E-state index < -0.39 is 0 Å². The second-order valence-electron chi connectivity index (χ2n) is 5.41. The third-order valence-electron chi connectivity index (χ3n) is 3.83. The van der Waals surface area contributed by atoms with Crippen LogP contribution in [0.25, 0.3) is 5.69 Å². The van der Waals surface area contributed by atoms with Crippen LogP contribution < -0.4 is 5.32 Å². The lowest BCUT2D eigenvalue weighted by molar-refractivity contribution is 0.693. The van der Waals surface area contributed by atoms with E-state index in [9.17, 15) is 0 Å². The highest BCUT2D eigenvalue weighted by Gasteiger charge is 1.98. The quantitative estimate of drug-likeness (QED) is 0.750. The predicted octanol–water partition coefficient (Wildman–Crippen LogP) is 3.72. The van der Waals surface area contributed by atoms with Gasteiger partial charge < -0.3 is 9.88 Å². The second-order valence-corrected chi connectivity index (χ2v) is 5.41. The molecular weight excluding hydrogens is 270 g/mol. The van der Waals surface area contributed by atoms with Gasteiger partial charge in [-0.1, -0.05) is 43.3 Å². The Morgan fingerprint density at radius 1 is 0.864 bits per heavy atom. The number of nitrogens with zero attached hydrogens (tertiary/aromatic N) is 2. The summed E-state index contributed by atoms with van der Waals surface area (Å²) in [6.45, 7) is 3.95. The van der Waals surface area contributed by atoms with Gasteiger partial charge in [0.25, 0.3) is 0 Å².